The lowest BCUT2D eigenvalue weighted by molar-refractivity contribution is -0.137. The lowest BCUT2D eigenvalue weighted by atomic mass is 9.92. The quantitative estimate of drug-likeness (QED) is 0.319. The van der Waals surface area contributed by atoms with Crippen LogP contribution in [0.15, 0.2) is 47.2 Å². The first-order chi connectivity index (χ1) is 14.7. The minimum atomic E-state index is -4.71. The van der Waals surface area contributed by atoms with E-state index in [9.17, 15) is 26.7 Å². The van der Waals surface area contributed by atoms with Crippen LogP contribution in [0.2, 0.25) is 0 Å². The predicted octanol–water partition coefficient (Wildman–Crippen LogP) is 7.09. The van der Waals surface area contributed by atoms with E-state index < -0.39 is 35.8 Å². The zero-order valence-electron chi connectivity index (χ0n) is 18.0. The van der Waals surface area contributed by atoms with Crippen molar-refractivity contribution in [1.82, 2.24) is 4.90 Å². The van der Waals surface area contributed by atoms with Gasteiger partial charge in [0.2, 0.25) is 0 Å². The molecule has 1 heterocycles. The second kappa shape index (κ2) is 10.1. The number of halogens is 5. The van der Waals surface area contributed by atoms with Crippen LogP contribution in [-0.2, 0) is 16.8 Å². The number of nitrogens with zero attached hydrogens (tertiary/aromatic N) is 1. The maximum absolute atomic E-state index is 14.6. The molecule has 0 atom stereocenters. The van der Waals surface area contributed by atoms with Gasteiger partial charge >= 0.3 is 12.3 Å². The molecule has 1 aliphatic rings. The summed E-state index contributed by atoms with van der Waals surface area (Å²) < 4.78 is 72.7. The molecule has 0 aliphatic carbocycles. The standard InChI is InChI=1S/C22H26F5NO3S/c1-20(2,3)9-12-28-11-5-8-17(31-19(29)30)18(28)32-13-10-21(23,24)15-6-4-7-16(14-15)22(25,26)27/h4-8,14H,9-13H2,1-3H3,(H,29,30). The number of alkyl halides is 5. The fraction of sp³-hybridized carbons (Fsp3) is 0.500. The smallest absolute Gasteiger partial charge is 0.449 e. The number of allylic oxidation sites excluding steroid dienone is 1. The number of ether oxygens (including phenoxy) is 1. The summed E-state index contributed by atoms with van der Waals surface area (Å²) in [5.41, 5.74) is -1.84. The Hall–Kier alpha value is -2.23. The van der Waals surface area contributed by atoms with Crippen molar-refractivity contribution in [3.63, 3.8) is 0 Å². The van der Waals surface area contributed by atoms with Gasteiger partial charge in [-0.25, -0.2) is 13.6 Å². The maximum atomic E-state index is 14.6. The molecule has 0 radical (unpaired) electrons. The highest BCUT2D eigenvalue weighted by molar-refractivity contribution is 8.03. The van der Waals surface area contributed by atoms with Gasteiger partial charge in [-0.05, 0) is 30.0 Å². The Kier molecular flexibility index (Phi) is 8.25. The fourth-order valence-electron chi connectivity index (χ4n) is 2.94. The van der Waals surface area contributed by atoms with Crippen molar-refractivity contribution in [2.75, 3.05) is 18.8 Å². The molecule has 1 N–H and O–H groups in total. The van der Waals surface area contributed by atoms with Crippen LogP contribution in [0.5, 0.6) is 0 Å². The van der Waals surface area contributed by atoms with E-state index in [2.05, 4.69) is 0 Å². The number of hydrogen-bond donors (Lipinski definition) is 1. The van der Waals surface area contributed by atoms with Crippen LogP contribution in [0.3, 0.4) is 0 Å². The van der Waals surface area contributed by atoms with Crippen molar-refractivity contribution in [1.29, 1.82) is 0 Å². The monoisotopic (exact) mass is 479 g/mol. The number of thioether (sulfide) groups is 1. The first-order valence-corrected chi connectivity index (χ1v) is 10.9. The molecule has 0 aromatic heterocycles. The summed E-state index contributed by atoms with van der Waals surface area (Å²) in [6, 6.07) is 3.13. The lowest BCUT2D eigenvalue weighted by Crippen LogP contribution is -2.30. The summed E-state index contributed by atoms with van der Waals surface area (Å²) in [5, 5.41) is 9.41. The minimum Gasteiger partial charge on any atom is -0.449 e. The van der Waals surface area contributed by atoms with Gasteiger partial charge in [0.1, 0.15) is 5.03 Å². The van der Waals surface area contributed by atoms with Crippen molar-refractivity contribution in [3.8, 4) is 0 Å². The summed E-state index contributed by atoms with van der Waals surface area (Å²) in [5.74, 6) is -3.58. The summed E-state index contributed by atoms with van der Waals surface area (Å²) in [4.78, 5) is 12.9. The highest BCUT2D eigenvalue weighted by atomic mass is 32.2. The molecule has 0 fully saturated rings. The topological polar surface area (TPSA) is 49.8 Å². The largest absolute Gasteiger partial charge is 0.511 e. The van der Waals surface area contributed by atoms with Crippen LogP contribution >= 0.6 is 11.8 Å². The lowest BCUT2D eigenvalue weighted by Gasteiger charge is -2.32. The van der Waals surface area contributed by atoms with Gasteiger partial charge in [-0.3, -0.25) is 0 Å². The molecule has 0 bridgehead atoms. The Morgan fingerprint density at radius 3 is 2.38 bits per heavy atom. The third-order valence-electron chi connectivity index (χ3n) is 4.69. The first kappa shape index (κ1) is 26.0. The third-order valence-corrected chi connectivity index (χ3v) is 5.83. The number of hydrogen-bond acceptors (Lipinski definition) is 4. The third kappa shape index (κ3) is 7.72. The number of rotatable bonds is 8. The highest BCUT2D eigenvalue weighted by Crippen LogP contribution is 2.39. The van der Waals surface area contributed by atoms with Gasteiger partial charge in [-0.2, -0.15) is 13.2 Å². The van der Waals surface area contributed by atoms with Crippen LogP contribution in [0.25, 0.3) is 0 Å². The van der Waals surface area contributed by atoms with E-state index in [1.807, 2.05) is 25.7 Å². The highest BCUT2D eigenvalue weighted by Gasteiger charge is 2.36. The van der Waals surface area contributed by atoms with Crippen LogP contribution < -0.4 is 0 Å². The summed E-state index contributed by atoms with van der Waals surface area (Å²) >= 11 is 1.00. The maximum Gasteiger partial charge on any atom is 0.511 e. The molecule has 2 rings (SSSR count). The fourth-order valence-corrected chi connectivity index (χ4v) is 4.09. The van der Waals surface area contributed by atoms with Gasteiger partial charge < -0.3 is 14.7 Å². The molecular formula is C22H26F5NO3S. The van der Waals surface area contributed by atoms with Crippen LogP contribution in [-0.4, -0.2) is 35.0 Å². The number of benzene rings is 1. The molecule has 0 amide bonds. The molecule has 1 aliphatic heterocycles. The van der Waals surface area contributed by atoms with E-state index in [-0.39, 0.29) is 16.9 Å². The average molecular weight is 480 g/mol. The Balaban J connectivity index is 2.15. The van der Waals surface area contributed by atoms with Crippen LogP contribution in [0.1, 0.15) is 44.7 Å². The van der Waals surface area contributed by atoms with Gasteiger partial charge in [0.15, 0.2) is 5.76 Å². The first-order valence-electron chi connectivity index (χ1n) is 9.94. The van der Waals surface area contributed by atoms with E-state index >= 15 is 0 Å². The van der Waals surface area contributed by atoms with E-state index in [0.717, 1.165) is 36.4 Å². The molecule has 178 valence electrons. The predicted molar refractivity (Wildman–Crippen MR) is 113 cm³/mol. The van der Waals surface area contributed by atoms with Crippen molar-refractivity contribution in [2.45, 2.75) is 45.7 Å². The molecule has 0 spiro atoms. The molecule has 32 heavy (non-hydrogen) atoms. The molecule has 0 saturated heterocycles. The number of carbonyl (C=O) groups is 1. The molecule has 1 aromatic rings. The molecule has 4 nitrogen and oxygen atoms in total. The zero-order valence-corrected chi connectivity index (χ0v) is 18.8. The molecular weight excluding hydrogens is 453 g/mol. The van der Waals surface area contributed by atoms with Gasteiger partial charge in [0.05, 0.1) is 5.56 Å². The molecule has 1 aromatic carbocycles. The number of carboxylic acid groups (broad SMARTS) is 1. The van der Waals surface area contributed by atoms with Crippen molar-refractivity contribution < 1.29 is 36.6 Å². The average Bonchev–Trinajstić information content (AvgIpc) is 2.66. The Morgan fingerprint density at radius 1 is 1.12 bits per heavy atom. The van der Waals surface area contributed by atoms with Crippen LogP contribution in [0, 0.1) is 5.41 Å². The zero-order chi connectivity index (χ0) is 24.2. The minimum absolute atomic E-state index is 0.00128. The summed E-state index contributed by atoms with van der Waals surface area (Å²) in [7, 11) is 0. The summed E-state index contributed by atoms with van der Waals surface area (Å²) in [6.45, 7) is 7.18. The molecule has 0 unspecified atom stereocenters. The van der Waals surface area contributed by atoms with E-state index in [1.165, 1.54) is 6.08 Å². The Bertz CT molecular complexity index is 875. The van der Waals surface area contributed by atoms with Crippen LogP contribution in [0.4, 0.5) is 26.7 Å². The second-order valence-electron chi connectivity index (χ2n) is 8.58. The Labute approximate surface area is 188 Å². The van der Waals surface area contributed by atoms with E-state index in [1.54, 1.807) is 6.08 Å². The molecule has 10 heteroatoms. The van der Waals surface area contributed by atoms with E-state index in [0.29, 0.717) is 24.2 Å². The summed E-state index contributed by atoms with van der Waals surface area (Å²) in [6.07, 6.45) is -2.98. The van der Waals surface area contributed by atoms with E-state index in [4.69, 9.17) is 9.84 Å². The normalized spacial score (nSPS) is 15.3. The van der Waals surface area contributed by atoms with Crippen molar-refractivity contribution in [2.24, 2.45) is 5.41 Å². The van der Waals surface area contributed by atoms with Gasteiger partial charge in [0, 0.05) is 30.8 Å². The van der Waals surface area contributed by atoms with Crippen molar-refractivity contribution in [3.05, 3.63) is 58.3 Å². The SMILES string of the molecule is CC(C)(C)CCN1CC=CC(OC(=O)O)=C1SCCC(F)(F)c1cccc(C(F)(F)F)c1. The second-order valence-corrected chi connectivity index (χ2v) is 9.66. The van der Waals surface area contributed by atoms with Gasteiger partial charge in [-0.1, -0.05) is 39.0 Å². The Morgan fingerprint density at radius 2 is 1.78 bits per heavy atom. The molecule has 0 saturated carbocycles. The van der Waals surface area contributed by atoms with Gasteiger partial charge in [0.25, 0.3) is 5.92 Å². The van der Waals surface area contributed by atoms with Gasteiger partial charge in [-0.15, -0.1) is 11.8 Å². The van der Waals surface area contributed by atoms with Crippen molar-refractivity contribution >= 4 is 17.9 Å².